The van der Waals surface area contributed by atoms with E-state index in [0.29, 0.717) is 17.9 Å². The van der Waals surface area contributed by atoms with Crippen LogP contribution in [-0.4, -0.2) is 39.5 Å². The van der Waals surface area contributed by atoms with E-state index in [1.165, 1.54) is 6.42 Å². The summed E-state index contributed by atoms with van der Waals surface area (Å²) in [7, 11) is 1.76. The number of rotatable bonds is 6. The maximum Gasteiger partial charge on any atom is 0.0618 e. The number of hydrogen-bond donors (Lipinski definition) is 1. The maximum absolute atomic E-state index is 5.34. The average molecular weight is 201 g/mol. The SMILES string of the molecule is COCC(NCC1CCOC1)C(C)C. The average Bonchev–Trinajstić information content (AvgIpc) is 2.64. The van der Waals surface area contributed by atoms with E-state index in [-0.39, 0.29) is 0 Å². The lowest BCUT2D eigenvalue weighted by Gasteiger charge is -2.23. The predicted molar refractivity (Wildman–Crippen MR) is 57.4 cm³/mol. The van der Waals surface area contributed by atoms with Crippen molar-refractivity contribution in [1.82, 2.24) is 5.32 Å². The summed E-state index contributed by atoms with van der Waals surface area (Å²) in [4.78, 5) is 0. The Labute approximate surface area is 87.2 Å². The molecule has 0 saturated carbocycles. The van der Waals surface area contributed by atoms with Crippen molar-refractivity contribution in [2.24, 2.45) is 11.8 Å². The minimum atomic E-state index is 0.473. The van der Waals surface area contributed by atoms with Gasteiger partial charge in [-0.05, 0) is 18.3 Å². The Hall–Kier alpha value is -0.120. The lowest BCUT2D eigenvalue weighted by molar-refractivity contribution is 0.141. The van der Waals surface area contributed by atoms with E-state index in [0.717, 1.165) is 26.4 Å². The maximum atomic E-state index is 5.34. The minimum absolute atomic E-state index is 0.473. The molecule has 84 valence electrons. The smallest absolute Gasteiger partial charge is 0.0618 e. The molecule has 0 spiro atoms. The van der Waals surface area contributed by atoms with Crippen molar-refractivity contribution in [3.05, 3.63) is 0 Å². The van der Waals surface area contributed by atoms with Crippen molar-refractivity contribution in [1.29, 1.82) is 0 Å². The molecule has 1 aliphatic heterocycles. The molecule has 14 heavy (non-hydrogen) atoms. The van der Waals surface area contributed by atoms with Crippen LogP contribution in [0.1, 0.15) is 20.3 Å². The zero-order valence-electron chi connectivity index (χ0n) is 9.58. The van der Waals surface area contributed by atoms with Gasteiger partial charge in [-0.1, -0.05) is 13.8 Å². The van der Waals surface area contributed by atoms with Crippen LogP contribution in [0.3, 0.4) is 0 Å². The van der Waals surface area contributed by atoms with E-state index in [1.54, 1.807) is 7.11 Å². The van der Waals surface area contributed by atoms with E-state index < -0.39 is 0 Å². The van der Waals surface area contributed by atoms with Crippen LogP contribution in [0.15, 0.2) is 0 Å². The Balaban J connectivity index is 2.17. The molecule has 1 saturated heterocycles. The standard InChI is InChI=1S/C11H23NO2/c1-9(2)11(8-13-3)12-6-10-4-5-14-7-10/h9-12H,4-8H2,1-3H3. The van der Waals surface area contributed by atoms with Crippen LogP contribution in [0.5, 0.6) is 0 Å². The minimum Gasteiger partial charge on any atom is -0.383 e. The Morgan fingerprint density at radius 2 is 2.29 bits per heavy atom. The Morgan fingerprint density at radius 3 is 2.79 bits per heavy atom. The van der Waals surface area contributed by atoms with E-state index in [4.69, 9.17) is 9.47 Å². The van der Waals surface area contributed by atoms with Crippen molar-refractivity contribution >= 4 is 0 Å². The van der Waals surface area contributed by atoms with Gasteiger partial charge in [-0.2, -0.15) is 0 Å². The van der Waals surface area contributed by atoms with Crippen molar-refractivity contribution in [2.75, 3.05) is 33.5 Å². The molecule has 1 N–H and O–H groups in total. The second-order valence-corrected chi connectivity index (χ2v) is 4.44. The first kappa shape index (κ1) is 12.0. The van der Waals surface area contributed by atoms with Gasteiger partial charge < -0.3 is 14.8 Å². The number of methoxy groups -OCH3 is 1. The van der Waals surface area contributed by atoms with Gasteiger partial charge in [0.25, 0.3) is 0 Å². The molecule has 0 aliphatic carbocycles. The molecule has 0 radical (unpaired) electrons. The van der Waals surface area contributed by atoms with Crippen LogP contribution in [-0.2, 0) is 9.47 Å². The first-order chi connectivity index (χ1) is 6.74. The van der Waals surface area contributed by atoms with Crippen LogP contribution in [0.25, 0.3) is 0 Å². The molecule has 1 fully saturated rings. The molecule has 1 heterocycles. The largest absolute Gasteiger partial charge is 0.383 e. The number of nitrogens with one attached hydrogen (secondary N) is 1. The van der Waals surface area contributed by atoms with Crippen LogP contribution < -0.4 is 5.32 Å². The molecule has 0 bridgehead atoms. The third kappa shape index (κ3) is 3.95. The van der Waals surface area contributed by atoms with Gasteiger partial charge in [0.2, 0.25) is 0 Å². The lowest BCUT2D eigenvalue weighted by atomic mass is 10.0. The highest BCUT2D eigenvalue weighted by Crippen LogP contribution is 2.12. The van der Waals surface area contributed by atoms with Crippen LogP contribution in [0, 0.1) is 11.8 Å². The monoisotopic (exact) mass is 201 g/mol. The summed E-state index contributed by atoms with van der Waals surface area (Å²) in [5.74, 6) is 1.32. The molecule has 2 atom stereocenters. The van der Waals surface area contributed by atoms with Gasteiger partial charge in [-0.3, -0.25) is 0 Å². The van der Waals surface area contributed by atoms with E-state index in [9.17, 15) is 0 Å². The molecule has 1 rings (SSSR count). The van der Waals surface area contributed by atoms with Gasteiger partial charge in [-0.25, -0.2) is 0 Å². The van der Waals surface area contributed by atoms with Gasteiger partial charge in [0.1, 0.15) is 0 Å². The predicted octanol–water partition coefficient (Wildman–Crippen LogP) is 1.28. The fourth-order valence-electron chi connectivity index (χ4n) is 1.73. The Morgan fingerprint density at radius 1 is 1.50 bits per heavy atom. The van der Waals surface area contributed by atoms with Crippen LogP contribution in [0.4, 0.5) is 0 Å². The zero-order valence-corrected chi connectivity index (χ0v) is 9.58. The van der Waals surface area contributed by atoms with Crippen LogP contribution in [0.2, 0.25) is 0 Å². The molecule has 0 aromatic heterocycles. The molecule has 3 nitrogen and oxygen atoms in total. The molecule has 3 heteroatoms. The summed E-state index contributed by atoms with van der Waals surface area (Å²) in [5.41, 5.74) is 0. The fraction of sp³-hybridized carbons (Fsp3) is 1.00. The summed E-state index contributed by atoms with van der Waals surface area (Å²) >= 11 is 0. The molecule has 0 aromatic carbocycles. The molecule has 0 amide bonds. The summed E-state index contributed by atoms with van der Waals surface area (Å²) in [6.07, 6.45) is 1.20. The van der Waals surface area contributed by atoms with Crippen LogP contribution >= 0.6 is 0 Å². The lowest BCUT2D eigenvalue weighted by Crippen LogP contribution is -2.40. The van der Waals surface area contributed by atoms with E-state index in [2.05, 4.69) is 19.2 Å². The molecule has 1 aliphatic rings. The third-order valence-electron chi connectivity index (χ3n) is 2.84. The highest BCUT2D eigenvalue weighted by molar-refractivity contribution is 4.74. The van der Waals surface area contributed by atoms with Crippen molar-refractivity contribution in [3.63, 3.8) is 0 Å². The van der Waals surface area contributed by atoms with Crippen molar-refractivity contribution in [2.45, 2.75) is 26.3 Å². The highest BCUT2D eigenvalue weighted by atomic mass is 16.5. The second kappa shape index (κ2) is 6.38. The van der Waals surface area contributed by atoms with Gasteiger partial charge >= 0.3 is 0 Å². The molecule has 0 aromatic rings. The second-order valence-electron chi connectivity index (χ2n) is 4.44. The third-order valence-corrected chi connectivity index (χ3v) is 2.84. The highest BCUT2D eigenvalue weighted by Gasteiger charge is 2.18. The first-order valence-electron chi connectivity index (χ1n) is 5.54. The van der Waals surface area contributed by atoms with Gasteiger partial charge in [0.15, 0.2) is 0 Å². The quantitative estimate of drug-likeness (QED) is 0.702. The first-order valence-corrected chi connectivity index (χ1v) is 5.54. The van der Waals surface area contributed by atoms with Gasteiger partial charge in [-0.15, -0.1) is 0 Å². The fourth-order valence-corrected chi connectivity index (χ4v) is 1.73. The Kier molecular flexibility index (Phi) is 5.45. The summed E-state index contributed by atoms with van der Waals surface area (Å²) < 4.78 is 10.5. The summed E-state index contributed by atoms with van der Waals surface area (Å²) in [5, 5.41) is 3.56. The molecular weight excluding hydrogens is 178 g/mol. The number of hydrogen-bond acceptors (Lipinski definition) is 3. The molecular formula is C11H23NO2. The van der Waals surface area contributed by atoms with E-state index >= 15 is 0 Å². The normalized spacial score (nSPS) is 24.4. The van der Waals surface area contributed by atoms with Crippen molar-refractivity contribution in [3.8, 4) is 0 Å². The van der Waals surface area contributed by atoms with Gasteiger partial charge in [0.05, 0.1) is 13.2 Å². The zero-order chi connectivity index (χ0) is 10.4. The van der Waals surface area contributed by atoms with Crippen molar-refractivity contribution < 1.29 is 9.47 Å². The van der Waals surface area contributed by atoms with Gasteiger partial charge in [0, 0.05) is 26.3 Å². The molecule has 2 unspecified atom stereocenters. The topological polar surface area (TPSA) is 30.5 Å². The summed E-state index contributed by atoms with van der Waals surface area (Å²) in [6.45, 7) is 8.16. The summed E-state index contributed by atoms with van der Waals surface area (Å²) in [6, 6.07) is 0.473. The number of ether oxygens (including phenoxy) is 2. The Bertz CT molecular complexity index is 144. The van der Waals surface area contributed by atoms with E-state index in [1.807, 2.05) is 0 Å².